The van der Waals surface area contributed by atoms with Crippen molar-refractivity contribution in [3.05, 3.63) is 0 Å². The van der Waals surface area contributed by atoms with E-state index in [1.807, 2.05) is 4.90 Å². The third-order valence-electron chi connectivity index (χ3n) is 2.29. The van der Waals surface area contributed by atoms with Gasteiger partial charge >= 0.3 is 0 Å². The molecule has 0 bridgehead atoms. The lowest BCUT2D eigenvalue weighted by atomic mass is 10.1. The maximum atomic E-state index is 11.5. The topological polar surface area (TPSA) is 46.3 Å². The number of nitrogens with two attached hydrogens (primary N) is 1. The first-order chi connectivity index (χ1) is 6.20. The zero-order valence-electron chi connectivity index (χ0n) is 7.79. The number of carbonyl (C=O) groups is 1. The standard InChI is InChI=1S/C9H16N2OS/c10-8(13)4-5-9(12)11-6-2-1-3-7-11/h1-7H2,(H2,10,13). The van der Waals surface area contributed by atoms with E-state index in [4.69, 9.17) is 18.0 Å². The van der Waals surface area contributed by atoms with Crippen LogP contribution in [0.1, 0.15) is 32.1 Å². The first kappa shape index (κ1) is 10.4. The first-order valence-electron chi connectivity index (χ1n) is 4.76. The molecule has 0 unspecified atom stereocenters. The van der Waals surface area contributed by atoms with Crippen LogP contribution in [-0.2, 0) is 4.79 Å². The van der Waals surface area contributed by atoms with Crippen LogP contribution in [0.5, 0.6) is 0 Å². The predicted molar refractivity (Wildman–Crippen MR) is 56.5 cm³/mol. The number of hydrogen-bond acceptors (Lipinski definition) is 2. The third-order valence-corrected chi connectivity index (χ3v) is 2.50. The highest BCUT2D eigenvalue weighted by Crippen LogP contribution is 2.10. The molecule has 0 aromatic rings. The second-order valence-electron chi connectivity index (χ2n) is 3.41. The molecule has 1 saturated heterocycles. The smallest absolute Gasteiger partial charge is 0.222 e. The summed E-state index contributed by atoms with van der Waals surface area (Å²) in [5.74, 6) is 0.201. The number of hydrogen-bond donors (Lipinski definition) is 1. The van der Waals surface area contributed by atoms with Gasteiger partial charge in [-0.25, -0.2) is 0 Å². The Morgan fingerprint density at radius 3 is 2.38 bits per heavy atom. The summed E-state index contributed by atoms with van der Waals surface area (Å²) in [6, 6.07) is 0. The average molecular weight is 200 g/mol. The molecule has 1 fully saturated rings. The maximum absolute atomic E-state index is 11.5. The second kappa shape index (κ2) is 5.17. The molecule has 4 heteroatoms. The minimum absolute atomic E-state index is 0.201. The van der Waals surface area contributed by atoms with E-state index in [9.17, 15) is 4.79 Å². The molecule has 0 spiro atoms. The Balaban J connectivity index is 2.25. The molecule has 0 radical (unpaired) electrons. The second-order valence-corrected chi connectivity index (χ2v) is 3.93. The summed E-state index contributed by atoms with van der Waals surface area (Å²) in [4.78, 5) is 13.9. The van der Waals surface area contributed by atoms with Crippen LogP contribution in [0.25, 0.3) is 0 Å². The Labute approximate surface area is 84.3 Å². The highest BCUT2D eigenvalue weighted by atomic mass is 32.1. The van der Waals surface area contributed by atoms with Crippen molar-refractivity contribution in [2.75, 3.05) is 13.1 Å². The first-order valence-corrected chi connectivity index (χ1v) is 5.17. The van der Waals surface area contributed by atoms with Gasteiger partial charge in [-0.3, -0.25) is 4.79 Å². The molecule has 0 saturated carbocycles. The molecular formula is C9H16N2OS. The fourth-order valence-electron chi connectivity index (χ4n) is 1.53. The number of amides is 1. The Morgan fingerprint density at radius 2 is 1.85 bits per heavy atom. The summed E-state index contributed by atoms with van der Waals surface area (Å²) in [6.45, 7) is 1.83. The van der Waals surface area contributed by atoms with Gasteiger partial charge in [-0.15, -0.1) is 0 Å². The average Bonchev–Trinajstić information content (AvgIpc) is 2.15. The van der Waals surface area contributed by atoms with E-state index >= 15 is 0 Å². The van der Waals surface area contributed by atoms with Crippen molar-refractivity contribution in [2.24, 2.45) is 5.73 Å². The predicted octanol–water partition coefficient (Wildman–Crippen LogP) is 1.07. The van der Waals surface area contributed by atoms with Crippen molar-refractivity contribution >= 4 is 23.1 Å². The number of piperidine rings is 1. The SMILES string of the molecule is NC(=S)CCC(=O)N1CCCCC1. The minimum Gasteiger partial charge on any atom is -0.393 e. The van der Waals surface area contributed by atoms with Gasteiger partial charge in [-0.05, 0) is 19.3 Å². The molecular weight excluding hydrogens is 184 g/mol. The fraction of sp³-hybridized carbons (Fsp3) is 0.778. The molecule has 2 N–H and O–H groups in total. The molecule has 74 valence electrons. The Kier molecular flexibility index (Phi) is 4.15. The van der Waals surface area contributed by atoms with Crippen LogP contribution < -0.4 is 5.73 Å². The van der Waals surface area contributed by atoms with Crippen LogP contribution in [0.2, 0.25) is 0 Å². The van der Waals surface area contributed by atoms with Gasteiger partial charge in [-0.1, -0.05) is 12.2 Å². The van der Waals surface area contributed by atoms with Gasteiger partial charge in [0.1, 0.15) is 0 Å². The van der Waals surface area contributed by atoms with Gasteiger partial charge in [0, 0.05) is 25.9 Å². The fourth-order valence-corrected chi connectivity index (χ4v) is 1.63. The largest absolute Gasteiger partial charge is 0.393 e. The molecule has 0 aliphatic carbocycles. The van der Waals surface area contributed by atoms with Crippen molar-refractivity contribution in [3.63, 3.8) is 0 Å². The van der Waals surface area contributed by atoms with Gasteiger partial charge in [0.05, 0.1) is 4.99 Å². The maximum Gasteiger partial charge on any atom is 0.222 e. The van der Waals surface area contributed by atoms with Crippen LogP contribution in [0.15, 0.2) is 0 Å². The molecule has 1 aliphatic rings. The lowest BCUT2D eigenvalue weighted by Gasteiger charge is -2.26. The summed E-state index contributed by atoms with van der Waals surface area (Å²) >= 11 is 4.72. The van der Waals surface area contributed by atoms with Gasteiger partial charge in [-0.2, -0.15) is 0 Å². The van der Waals surface area contributed by atoms with Gasteiger partial charge in [0.15, 0.2) is 0 Å². The molecule has 3 nitrogen and oxygen atoms in total. The van der Waals surface area contributed by atoms with E-state index in [0.717, 1.165) is 25.9 Å². The lowest BCUT2D eigenvalue weighted by molar-refractivity contribution is -0.131. The van der Waals surface area contributed by atoms with E-state index in [2.05, 4.69) is 0 Å². The number of carbonyl (C=O) groups excluding carboxylic acids is 1. The number of likely N-dealkylation sites (tertiary alicyclic amines) is 1. The molecule has 1 aliphatic heterocycles. The molecule has 1 heterocycles. The van der Waals surface area contributed by atoms with Crippen LogP contribution in [-0.4, -0.2) is 28.9 Å². The van der Waals surface area contributed by atoms with Crippen molar-refractivity contribution in [3.8, 4) is 0 Å². The van der Waals surface area contributed by atoms with E-state index in [1.54, 1.807) is 0 Å². The van der Waals surface area contributed by atoms with Crippen LogP contribution in [0, 0.1) is 0 Å². The molecule has 0 aromatic carbocycles. The van der Waals surface area contributed by atoms with Crippen LogP contribution in [0.4, 0.5) is 0 Å². The normalized spacial score (nSPS) is 17.1. The summed E-state index contributed by atoms with van der Waals surface area (Å²) < 4.78 is 0. The van der Waals surface area contributed by atoms with Gasteiger partial charge in [0.25, 0.3) is 0 Å². The number of rotatable bonds is 3. The van der Waals surface area contributed by atoms with E-state index in [-0.39, 0.29) is 5.91 Å². The van der Waals surface area contributed by atoms with Gasteiger partial charge in [0.2, 0.25) is 5.91 Å². The highest BCUT2D eigenvalue weighted by Gasteiger charge is 2.15. The number of nitrogens with zero attached hydrogens (tertiary/aromatic N) is 1. The highest BCUT2D eigenvalue weighted by molar-refractivity contribution is 7.80. The van der Waals surface area contributed by atoms with Crippen molar-refractivity contribution < 1.29 is 4.79 Å². The third kappa shape index (κ3) is 3.72. The molecule has 1 rings (SSSR count). The summed E-state index contributed by atoms with van der Waals surface area (Å²) in [7, 11) is 0. The van der Waals surface area contributed by atoms with Crippen LogP contribution >= 0.6 is 12.2 Å². The summed E-state index contributed by atoms with van der Waals surface area (Å²) in [5.41, 5.74) is 5.33. The van der Waals surface area contributed by atoms with E-state index < -0.39 is 0 Å². The van der Waals surface area contributed by atoms with Gasteiger partial charge < -0.3 is 10.6 Å². The van der Waals surface area contributed by atoms with Crippen molar-refractivity contribution in [1.82, 2.24) is 4.90 Å². The summed E-state index contributed by atoms with van der Waals surface area (Å²) in [5, 5.41) is 0. The lowest BCUT2D eigenvalue weighted by Crippen LogP contribution is -2.35. The molecule has 0 atom stereocenters. The quantitative estimate of drug-likeness (QED) is 0.693. The Hall–Kier alpha value is -0.640. The Bertz CT molecular complexity index is 200. The minimum atomic E-state index is 0.201. The molecule has 0 aromatic heterocycles. The number of thiocarbonyl (C=S) groups is 1. The van der Waals surface area contributed by atoms with E-state index in [1.165, 1.54) is 6.42 Å². The van der Waals surface area contributed by atoms with Crippen molar-refractivity contribution in [1.29, 1.82) is 0 Å². The Morgan fingerprint density at radius 1 is 1.23 bits per heavy atom. The zero-order valence-corrected chi connectivity index (χ0v) is 8.61. The summed E-state index contributed by atoms with van der Waals surface area (Å²) in [6.07, 6.45) is 4.55. The molecule has 13 heavy (non-hydrogen) atoms. The van der Waals surface area contributed by atoms with E-state index in [0.29, 0.717) is 17.8 Å². The zero-order chi connectivity index (χ0) is 9.68. The monoisotopic (exact) mass is 200 g/mol. The van der Waals surface area contributed by atoms with Crippen molar-refractivity contribution in [2.45, 2.75) is 32.1 Å². The van der Waals surface area contributed by atoms with Crippen LogP contribution in [0.3, 0.4) is 0 Å². The molecule has 1 amide bonds.